The van der Waals surface area contributed by atoms with Gasteiger partial charge in [0.1, 0.15) is 22.5 Å². The monoisotopic (exact) mass is 687 g/mol. The normalized spacial score (nSPS) is 18.7. The minimum Gasteiger partial charge on any atom is -0.443 e. The van der Waals surface area contributed by atoms with Crippen LogP contribution in [0.15, 0.2) is 40.1 Å². The van der Waals surface area contributed by atoms with Gasteiger partial charge in [0.15, 0.2) is 5.69 Å². The van der Waals surface area contributed by atoms with Crippen LogP contribution in [0.3, 0.4) is 0 Å². The number of amides is 4. The van der Waals surface area contributed by atoms with Crippen molar-refractivity contribution in [2.45, 2.75) is 58.5 Å². The second-order valence-corrected chi connectivity index (χ2v) is 14.4. The summed E-state index contributed by atoms with van der Waals surface area (Å²) < 4.78 is 31.2. The van der Waals surface area contributed by atoms with E-state index in [0.717, 1.165) is 11.8 Å². The van der Waals surface area contributed by atoms with Crippen LogP contribution in [-0.2, 0) is 26.0 Å². The Hall–Kier alpha value is -4.15. The molecular formula is C31H41N7O7S2. The second kappa shape index (κ2) is 16.1. The van der Waals surface area contributed by atoms with Gasteiger partial charge < -0.3 is 25.3 Å². The highest BCUT2D eigenvalue weighted by Gasteiger charge is 2.29. The van der Waals surface area contributed by atoms with E-state index in [2.05, 4.69) is 30.6 Å². The number of sulfonamides is 1. The lowest BCUT2D eigenvalue weighted by Crippen LogP contribution is -2.41. The first-order valence-electron chi connectivity index (χ1n) is 15.4. The SMILES string of the molecule is Cc1oc2nc1C(=O)N[C@@H](C(C)C)c1nc(cs1)C(=O)NCCN(C(=O)CCNS(C)(=O)=O)CCCC(=O)N[C@H]2Cc1ccccc1. The molecule has 0 fully saturated rings. The van der Waals surface area contributed by atoms with Crippen molar-refractivity contribution in [3.63, 3.8) is 0 Å². The molecule has 4 N–H and O–H groups in total. The Morgan fingerprint density at radius 3 is 2.55 bits per heavy atom. The van der Waals surface area contributed by atoms with Gasteiger partial charge in [0.2, 0.25) is 27.7 Å². The third-order valence-electron chi connectivity index (χ3n) is 7.47. The van der Waals surface area contributed by atoms with Gasteiger partial charge in [-0.3, -0.25) is 19.2 Å². The number of nitrogens with zero attached hydrogens (tertiary/aromatic N) is 3. The topological polar surface area (TPSA) is 193 Å². The number of carbonyl (C=O) groups excluding carboxylic acids is 4. The second-order valence-electron chi connectivity index (χ2n) is 11.7. The number of nitrogens with one attached hydrogen (secondary N) is 4. The van der Waals surface area contributed by atoms with E-state index in [0.29, 0.717) is 17.8 Å². The van der Waals surface area contributed by atoms with Gasteiger partial charge in [0.25, 0.3) is 11.8 Å². The molecule has 0 aliphatic carbocycles. The zero-order chi connectivity index (χ0) is 34.1. The molecule has 47 heavy (non-hydrogen) atoms. The van der Waals surface area contributed by atoms with Crippen molar-refractivity contribution >= 4 is 45.0 Å². The van der Waals surface area contributed by atoms with E-state index in [1.165, 1.54) is 16.2 Å². The van der Waals surface area contributed by atoms with Gasteiger partial charge in [-0.25, -0.2) is 23.1 Å². The Balaban J connectivity index is 1.62. The third kappa shape index (κ3) is 10.4. The lowest BCUT2D eigenvalue weighted by atomic mass is 10.0. The molecule has 14 nitrogen and oxygen atoms in total. The molecule has 0 radical (unpaired) electrons. The molecule has 3 heterocycles. The number of fused-ring (bicyclic) bond motifs is 4. The van der Waals surface area contributed by atoms with Crippen LogP contribution < -0.4 is 20.7 Å². The van der Waals surface area contributed by atoms with Gasteiger partial charge in [-0.1, -0.05) is 44.2 Å². The molecule has 1 aliphatic heterocycles. The highest BCUT2D eigenvalue weighted by atomic mass is 32.2. The fourth-order valence-corrected chi connectivity index (χ4v) is 6.53. The molecule has 0 saturated heterocycles. The van der Waals surface area contributed by atoms with Crippen LogP contribution in [0.5, 0.6) is 0 Å². The number of rotatable bonds is 7. The van der Waals surface area contributed by atoms with E-state index in [1.807, 2.05) is 44.2 Å². The van der Waals surface area contributed by atoms with Crippen molar-refractivity contribution in [3.05, 3.63) is 69.3 Å². The zero-order valence-electron chi connectivity index (χ0n) is 26.9. The summed E-state index contributed by atoms with van der Waals surface area (Å²) in [6.07, 6.45) is 1.65. The Labute approximate surface area is 278 Å². The molecule has 254 valence electrons. The molecule has 0 unspecified atom stereocenters. The summed E-state index contributed by atoms with van der Waals surface area (Å²) in [5, 5.41) is 10.9. The van der Waals surface area contributed by atoms with Crippen LogP contribution in [0, 0.1) is 12.8 Å². The first-order chi connectivity index (χ1) is 22.3. The maximum absolute atomic E-state index is 13.5. The Kier molecular flexibility index (Phi) is 12.2. The predicted octanol–water partition coefficient (Wildman–Crippen LogP) is 2.26. The fraction of sp³-hybridized carbons (Fsp3) is 0.484. The van der Waals surface area contributed by atoms with Crippen molar-refractivity contribution in [2.75, 3.05) is 32.4 Å². The number of hydrogen-bond acceptors (Lipinski definition) is 10. The number of hydrogen-bond donors (Lipinski definition) is 4. The van der Waals surface area contributed by atoms with E-state index in [-0.39, 0.29) is 79.8 Å². The predicted molar refractivity (Wildman–Crippen MR) is 175 cm³/mol. The molecule has 16 heteroatoms. The molecule has 0 saturated carbocycles. The molecule has 2 atom stereocenters. The smallest absolute Gasteiger partial charge is 0.274 e. The molecule has 4 bridgehead atoms. The van der Waals surface area contributed by atoms with Gasteiger partial charge in [-0.2, -0.15) is 0 Å². The number of carbonyl (C=O) groups is 4. The number of aromatic nitrogens is 2. The molecule has 0 spiro atoms. The van der Waals surface area contributed by atoms with Gasteiger partial charge in [-0.05, 0) is 24.8 Å². The molecule has 2 aromatic heterocycles. The van der Waals surface area contributed by atoms with E-state index in [9.17, 15) is 27.6 Å². The van der Waals surface area contributed by atoms with Crippen LogP contribution in [-0.4, -0.2) is 79.3 Å². The third-order valence-corrected chi connectivity index (χ3v) is 9.13. The van der Waals surface area contributed by atoms with Crippen LogP contribution >= 0.6 is 11.3 Å². The summed E-state index contributed by atoms with van der Waals surface area (Å²) in [5.74, 6) is -1.14. The minimum absolute atomic E-state index is 0.0632. The number of thiazole rings is 1. The van der Waals surface area contributed by atoms with Crippen molar-refractivity contribution in [3.8, 4) is 0 Å². The summed E-state index contributed by atoms with van der Waals surface area (Å²) in [4.78, 5) is 63.2. The van der Waals surface area contributed by atoms with Crippen molar-refractivity contribution in [2.24, 2.45) is 5.92 Å². The lowest BCUT2D eigenvalue weighted by Gasteiger charge is -2.23. The Morgan fingerprint density at radius 2 is 1.85 bits per heavy atom. The van der Waals surface area contributed by atoms with Gasteiger partial charge in [0, 0.05) is 50.8 Å². The van der Waals surface area contributed by atoms with E-state index >= 15 is 0 Å². The Morgan fingerprint density at radius 1 is 1.11 bits per heavy atom. The standard InChI is InChI=1S/C31H41N7O7S2/c1-19(2)26-31-35-23(18-46-31)28(41)32-14-16-38(25(40)12-13-33-47(4,43)44)15-8-11-24(39)34-22(17-21-9-6-5-7-10-21)30-37-27(20(3)45-30)29(42)36-26/h5-7,9-10,18-19,22,26,33H,8,11-17H2,1-4H3,(H,32,41)(H,34,39)(H,36,42)/t22-,26-/m0/s1. The zero-order valence-corrected chi connectivity index (χ0v) is 28.5. The first-order valence-corrected chi connectivity index (χ1v) is 18.1. The number of oxazole rings is 1. The van der Waals surface area contributed by atoms with E-state index in [4.69, 9.17) is 4.42 Å². The highest BCUT2D eigenvalue weighted by molar-refractivity contribution is 7.88. The first kappa shape index (κ1) is 35.7. The molecule has 1 aromatic carbocycles. The lowest BCUT2D eigenvalue weighted by molar-refractivity contribution is -0.131. The largest absolute Gasteiger partial charge is 0.443 e. The van der Waals surface area contributed by atoms with Crippen LogP contribution in [0.4, 0.5) is 0 Å². The summed E-state index contributed by atoms with van der Waals surface area (Å²) in [6.45, 7) is 5.86. The molecule has 4 amide bonds. The summed E-state index contributed by atoms with van der Waals surface area (Å²) in [6, 6.07) is 8.31. The van der Waals surface area contributed by atoms with Gasteiger partial charge in [-0.15, -0.1) is 11.3 Å². The summed E-state index contributed by atoms with van der Waals surface area (Å²) in [5.41, 5.74) is 1.19. The van der Waals surface area contributed by atoms with Crippen LogP contribution in [0.1, 0.15) is 88.4 Å². The molecule has 3 aromatic rings. The average Bonchev–Trinajstić information content (AvgIpc) is 3.65. The van der Waals surface area contributed by atoms with Crippen molar-refractivity contribution in [1.29, 1.82) is 0 Å². The van der Waals surface area contributed by atoms with Gasteiger partial charge >= 0.3 is 0 Å². The molecule has 4 rings (SSSR count). The summed E-state index contributed by atoms with van der Waals surface area (Å²) in [7, 11) is -3.47. The fourth-order valence-electron chi connectivity index (χ4n) is 5.04. The van der Waals surface area contributed by atoms with Gasteiger partial charge in [0.05, 0.1) is 12.3 Å². The van der Waals surface area contributed by atoms with Crippen LogP contribution in [0.25, 0.3) is 0 Å². The van der Waals surface area contributed by atoms with Crippen molar-refractivity contribution < 1.29 is 32.0 Å². The molecular weight excluding hydrogens is 647 g/mol. The summed E-state index contributed by atoms with van der Waals surface area (Å²) >= 11 is 1.24. The molecule has 1 aliphatic rings. The Bertz CT molecular complexity index is 1670. The van der Waals surface area contributed by atoms with E-state index < -0.39 is 33.9 Å². The van der Waals surface area contributed by atoms with Crippen molar-refractivity contribution in [1.82, 2.24) is 35.5 Å². The maximum Gasteiger partial charge on any atom is 0.274 e. The number of aryl methyl sites for hydroxylation is 1. The van der Waals surface area contributed by atoms with Crippen LogP contribution in [0.2, 0.25) is 0 Å². The quantitative estimate of drug-likeness (QED) is 0.288. The minimum atomic E-state index is -3.47. The van der Waals surface area contributed by atoms with E-state index in [1.54, 1.807) is 12.3 Å². The average molecular weight is 688 g/mol. The highest BCUT2D eigenvalue weighted by Crippen LogP contribution is 2.27. The maximum atomic E-state index is 13.5. The number of benzene rings is 1.